The molecule has 1 aliphatic carbocycles. The van der Waals surface area contributed by atoms with Crippen molar-refractivity contribution in [3.63, 3.8) is 0 Å². The first-order valence-corrected chi connectivity index (χ1v) is 5.52. The van der Waals surface area contributed by atoms with Crippen molar-refractivity contribution < 1.29 is 24.0 Å². The zero-order valence-corrected chi connectivity index (χ0v) is 9.22. The van der Waals surface area contributed by atoms with E-state index in [2.05, 4.69) is 0 Å². The van der Waals surface area contributed by atoms with E-state index < -0.39 is 0 Å². The molecule has 0 spiro atoms. The van der Waals surface area contributed by atoms with Crippen molar-refractivity contribution in [3.8, 4) is 0 Å². The molecule has 2 nitrogen and oxygen atoms in total. The number of likely N-dealkylation sites (tertiary alicyclic amines) is 1. The van der Waals surface area contributed by atoms with Gasteiger partial charge in [0, 0.05) is 13.1 Å². The molecule has 1 aliphatic heterocycles. The molecule has 0 aromatic rings. The van der Waals surface area contributed by atoms with Gasteiger partial charge in [-0.15, -0.1) is 0 Å². The Morgan fingerprint density at radius 2 is 1.50 bits per heavy atom. The summed E-state index contributed by atoms with van der Waals surface area (Å²) in [4.78, 5) is 2.04. The average Bonchev–Trinajstić information content (AvgIpc) is 2.71. The van der Waals surface area contributed by atoms with Gasteiger partial charge >= 0.3 is 18.9 Å². The second-order valence-corrected chi connectivity index (χ2v) is 4.16. The van der Waals surface area contributed by atoms with Gasteiger partial charge in [-0.2, -0.15) is 0 Å². The van der Waals surface area contributed by atoms with Crippen molar-refractivity contribution in [2.45, 2.75) is 44.9 Å². The minimum atomic E-state index is 0. The molecule has 74 valence electrons. The van der Waals surface area contributed by atoms with Gasteiger partial charge in [0.25, 0.3) is 0 Å². The van der Waals surface area contributed by atoms with E-state index in [1.54, 1.807) is 0 Å². The van der Waals surface area contributed by atoms with Crippen LogP contribution >= 0.6 is 0 Å². The van der Waals surface area contributed by atoms with Crippen LogP contribution in [0.4, 0.5) is 0 Å². The summed E-state index contributed by atoms with van der Waals surface area (Å²) in [6.45, 7) is 2.00. The summed E-state index contributed by atoms with van der Waals surface area (Å²) in [5.41, 5.74) is 1.20. The first-order valence-electron chi connectivity index (χ1n) is 5.52. The average molecular weight is 187 g/mol. The van der Waals surface area contributed by atoms with E-state index >= 15 is 0 Å². The summed E-state index contributed by atoms with van der Waals surface area (Å²) in [5, 5.41) is 11.9. The molecule has 0 atom stereocenters. The molecule has 1 saturated heterocycles. The van der Waals surface area contributed by atoms with Crippen LogP contribution in [0.5, 0.6) is 0 Å². The van der Waals surface area contributed by atoms with Gasteiger partial charge in [0.2, 0.25) is 0 Å². The normalized spacial score (nSPS) is 22.0. The third-order valence-corrected chi connectivity index (χ3v) is 3.15. The number of hydrogen-bond donors (Lipinski definition) is 0. The largest absolute Gasteiger partial charge is 1.00 e. The van der Waals surface area contributed by atoms with Crippen LogP contribution in [0.3, 0.4) is 0 Å². The number of allylic oxidation sites excluding steroid dienone is 1. The molecule has 2 fully saturated rings. The van der Waals surface area contributed by atoms with Crippen LogP contribution in [0.25, 0.3) is 0 Å². The molecule has 2 aliphatic rings. The van der Waals surface area contributed by atoms with Crippen LogP contribution in [0.15, 0.2) is 11.5 Å². The molecule has 0 bridgehead atoms. The summed E-state index contributed by atoms with van der Waals surface area (Å²) in [5.74, 6) is 0.372. The fourth-order valence-corrected chi connectivity index (χ4v) is 2.34. The molecular formula is C11H18LiNO. The molecule has 0 unspecified atom stereocenters. The summed E-state index contributed by atoms with van der Waals surface area (Å²) in [6, 6.07) is 0. The molecule has 0 aromatic carbocycles. The minimum absolute atomic E-state index is 0. The van der Waals surface area contributed by atoms with E-state index in [-0.39, 0.29) is 18.9 Å². The first kappa shape index (κ1) is 12.0. The Morgan fingerprint density at radius 1 is 0.929 bits per heavy atom. The maximum Gasteiger partial charge on any atom is 1.00 e. The fourth-order valence-electron chi connectivity index (χ4n) is 2.34. The van der Waals surface area contributed by atoms with Crippen molar-refractivity contribution in [1.29, 1.82) is 0 Å². The zero-order chi connectivity index (χ0) is 9.10. The molecule has 3 heteroatoms. The summed E-state index contributed by atoms with van der Waals surface area (Å²) >= 11 is 0. The first-order chi connectivity index (χ1) is 6.38. The quantitative estimate of drug-likeness (QED) is 0.374. The van der Waals surface area contributed by atoms with Crippen LogP contribution in [0, 0.1) is 0 Å². The van der Waals surface area contributed by atoms with E-state index in [4.69, 9.17) is 0 Å². The molecule has 1 saturated carbocycles. The van der Waals surface area contributed by atoms with Gasteiger partial charge in [-0.3, -0.25) is 0 Å². The van der Waals surface area contributed by atoms with Crippen molar-refractivity contribution in [1.82, 2.24) is 4.90 Å². The van der Waals surface area contributed by atoms with Crippen molar-refractivity contribution in [3.05, 3.63) is 11.5 Å². The maximum atomic E-state index is 11.9. The van der Waals surface area contributed by atoms with Gasteiger partial charge in [-0.25, -0.2) is 0 Å². The topological polar surface area (TPSA) is 26.3 Å². The van der Waals surface area contributed by atoms with Crippen LogP contribution in [0.1, 0.15) is 44.9 Å². The van der Waals surface area contributed by atoms with E-state index in [1.807, 2.05) is 4.90 Å². The molecule has 2 rings (SSSR count). The van der Waals surface area contributed by atoms with Crippen LogP contribution < -0.4 is 24.0 Å². The molecule has 1 heterocycles. The Morgan fingerprint density at radius 3 is 2.07 bits per heavy atom. The Kier molecular flexibility index (Phi) is 4.92. The number of nitrogens with zero attached hydrogens (tertiary/aromatic N) is 1. The monoisotopic (exact) mass is 187 g/mol. The molecule has 0 radical (unpaired) electrons. The fraction of sp³-hybridized carbons (Fsp3) is 0.818. The third kappa shape index (κ3) is 2.71. The van der Waals surface area contributed by atoms with Gasteiger partial charge in [0.1, 0.15) is 0 Å². The Labute approximate surface area is 98.5 Å². The molecular weight excluding hydrogens is 169 g/mol. The molecule has 0 amide bonds. The van der Waals surface area contributed by atoms with Gasteiger partial charge in [-0.1, -0.05) is 12.0 Å². The van der Waals surface area contributed by atoms with E-state index in [9.17, 15) is 5.11 Å². The second kappa shape index (κ2) is 5.73. The standard InChI is InChI=1S/C11H19NO.Li/c13-11(12-8-4-5-9-12)10-6-2-1-3-7-10;/h13H,1-9H2;/q;+1/p-1. The Balaban J connectivity index is 0.000000980. The van der Waals surface area contributed by atoms with Crippen LogP contribution in [-0.4, -0.2) is 18.0 Å². The summed E-state index contributed by atoms with van der Waals surface area (Å²) < 4.78 is 0. The Hall–Kier alpha value is -0.0626. The van der Waals surface area contributed by atoms with E-state index in [0.717, 1.165) is 25.9 Å². The van der Waals surface area contributed by atoms with Crippen molar-refractivity contribution in [2.75, 3.05) is 13.1 Å². The van der Waals surface area contributed by atoms with E-state index in [0.29, 0.717) is 5.88 Å². The zero-order valence-electron chi connectivity index (χ0n) is 9.22. The molecule has 14 heavy (non-hydrogen) atoms. The predicted molar refractivity (Wildman–Crippen MR) is 50.9 cm³/mol. The SMILES string of the molecule is [Li+].[O-]C(=C1CCCCC1)N1CCCC1. The molecule has 0 aromatic heterocycles. The smallest absolute Gasteiger partial charge is 0.860 e. The maximum absolute atomic E-state index is 11.9. The van der Waals surface area contributed by atoms with Crippen LogP contribution in [0.2, 0.25) is 0 Å². The van der Waals surface area contributed by atoms with Crippen molar-refractivity contribution in [2.24, 2.45) is 0 Å². The van der Waals surface area contributed by atoms with Crippen molar-refractivity contribution >= 4 is 0 Å². The van der Waals surface area contributed by atoms with Crippen LogP contribution in [-0.2, 0) is 0 Å². The number of hydrogen-bond acceptors (Lipinski definition) is 2. The predicted octanol–water partition coefficient (Wildman–Crippen LogP) is -1.38. The van der Waals surface area contributed by atoms with Gasteiger partial charge < -0.3 is 10.0 Å². The Bertz CT molecular complexity index is 201. The van der Waals surface area contributed by atoms with Gasteiger partial charge in [0.15, 0.2) is 0 Å². The second-order valence-electron chi connectivity index (χ2n) is 4.16. The van der Waals surface area contributed by atoms with Gasteiger partial charge in [0.05, 0.1) is 0 Å². The minimum Gasteiger partial charge on any atom is -0.860 e. The van der Waals surface area contributed by atoms with E-state index in [1.165, 1.54) is 37.7 Å². The van der Waals surface area contributed by atoms with Gasteiger partial charge in [-0.05, 0) is 44.4 Å². The number of rotatable bonds is 1. The third-order valence-electron chi connectivity index (χ3n) is 3.15. The summed E-state index contributed by atoms with van der Waals surface area (Å²) in [7, 11) is 0. The summed E-state index contributed by atoms with van der Waals surface area (Å²) in [6.07, 6.45) is 8.32. The molecule has 0 N–H and O–H groups in total.